The van der Waals surface area contributed by atoms with Gasteiger partial charge in [-0.05, 0) is 18.1 Å². The van der Waals surface area contributed by atoms with E-state index in [-0.39, 0.29) is 0 Å². The topological polar surface area (TPSA) is 45.4 Å². The Bertz CT molecular complexity index is 355. The second-order valence-electron chi connectivity index (χ2n) is 4.70. The van der Waals surface area contributed by atoms with Gasteiger partial charge in [-0.3, -0.25) is 0 Å². The molecule has 3 rings (SSSR count). The largest absolute Gasteiger partial charge is 0.397 e. The molecule has 2 saturated heterocycles. The van der Waals surface area contributed by atoms with Crippen LogP contribution in [-0.2, 0) is 0 Å². The zero-order chi connectivity index (χ0) is 11.0. The summed E-state index contributed by atoms with van der Waals surface area (Å²) in [5.41, 5.74) is 6.37. The Morgan fingerprint density at radius 2 is 2.00 bits per heavy atom. The molecule has 2 aliphatic heterocycles. The maximum atomic E-state index is 5.64. The Morgan fingerprint density at radius 1 is 1.25 bits per heavy atom. The average molecular weight is 216 g/mol. The summed E-state index contributed by atoms with van der Waals surface area (Å²) in [6.45, 7) is 4.54. The Hall–Kier alpha value is -1.23. The van der Waals surface area contributed by atoms with Gasteiger partial charge in [0.1, 0.15) is 13.1 Å². The van der Waals surface area contributed by atoms with Gasteiger partial charge >= 0.3 is 0 Å². The van der Waals surface area contributed by atoms with Crippen LogP contribution in [0.3, 0.4) is 0 Å². The highest BCUT2D eigenvalue weighted by Gasteiger charge is 2.32. The van der Waals surface area contributed by atoms with Crippen LogP contribution in [0.2, 0.25) is 6.32 Å². The summed E-state index contributed by atoms with van der Waals surface area (Å²) in [4.78, 5) is 9.32. The molecule has 0 saturated carbocycles. The summed E-state index contributed by atoms with van der Waals surface area (Å²) in [6, 6.07) is 3.94. The van der Waals surface area contributed by atoms with Gasteiger partial charge in [-0.2, -0.15) is 0 Å². The van der Waals surface area contributed by atoms with E-state index in [0.717, 1.165) is 30.5 Å². The number of anilines is 2. The molecule has 5 heteroatoms. The van der Waals surface area contributed by atoms with E-state index in [2.05, 4.69) is 14.8 Å². The summed E-state index contributed by atoms with van der Waals surface area (Å²) in [5.74, 6) is 1.95. The standard InChI is InChI=1S/C11H17BN4/c13-9-1-2-11(14-8-9)16-5-3-15(4-6-16)10-7-12-10/h1-2,8,10,12H,3-7,13H2. The molecule has 0 aliphatic carbocycles. The first-order valence-electron chi connectivity index (χ1n) is 6.03. The lowest BCUT2D eigenvalue weighted by Crippen LogP contribution is -2.47. The third kappa shape index (κ3) is 2.00. The van der Waals surface area contributed by atoms with Crippen LogP contribution in [0.1, 0.15) is 0 Å². The van der Waals surface area contributed by atoms with Crippen molar-refractivity contribution in [3.8, 4) is 0 Å². The van der Waals surface area contributed by atoms with Crippen molar-refractivity contribution in [2.45, 2.75) is 12.3 Å². The molecular formula is C11H17BN4. The van der Waals surface area contributed by atoms with Gasteiger partial charge in [0.05, 0.1) is 11.9 Å². The minimum atomic E-state index is 0.736. The van der Waals surface area contributed by atoms with Gasteiger partial charge in [-0.1, -0.05) is 6.32 Å². The molecule has 0 bridgehead atoms. The molecule has 1 aromatic rings. The highest BCUT2D eigenvalue weighted by atomic mass is 15.3. The van der Waals surface area contributed by atoms with E-state index in [0.29, 0.717) is 0 Å². The van der Waals surface area contributed by atoms with Crippen LogP contribution < -0.4 is 10.6 Å². The molecule has 4 nitrogen and oxygen atoms in total. The molecule has 0 amide bonds. The van der Waals surface area contributed by atoms with Gasteiger partial charge in [0, 0.05) is 26.2 Å². The minimum Gasteiger partial charge on any atom is -0.397 e. The highest BCUT2D eigenvalue weighted by Crippen LogP contribution is 2.21. The van der Waals surface area contributed by atoms with Crippen LogP contribution in [0.4, 0.5) is 11.5 Å². The molecular weight excluding hydrogens is 199 g/mol. The lowest BCUT2D eigenvalue weighted by molar-refractivity contribution is 0.264. The first kappa shape index (κ1) is 9.96. The van der Waals surface area contributed by atoms with E-state index < -0.39 is 0 Å². The van der Waals surface area contributed by atoms with Gasteiger partial charge in [0.2, 0.25) is 0 Å². The molecule has 1 aromatic heterocycles. The van der Waals surface area contributed by atoms with Crippen LogP contribution in [-0.4, -0.2) is 49.3 Å². The van der Waals surface area contributed by atoms with E-state index in [1.807, 2.05) is 12.1 Å². The van der Waals surface area contributed by atoms with E-state index in [1.54, 1.807) is 6.20 Å². The predicted molar refractivity (Wildman–Crippen MR) is 68.2 cm³/mol. The van der Waals surface area contributed by atoms with Gasteiger partial charge in [-0.25, -0.2) is 4.98 Å². The number of rotatable bonds is 2. The van der Waals surface area contributed by atoms with Crippen LogP contribution in [0.15, 0.2) is 18.3 Å². The fourth-order valence-corrected chi connectivity index (χ4v) is 2.34. The first-order chi connectivity index (χ1) is 7.83. The smallest absolute Gasteiger partial charge is 0.142 e. The van der Waals surface area contributed by atoms with Crippen LogP contribution >= 0.6 is 0 Å². The fourth-order valence-electron chi connectivity index (χ4n) is 2.34. The summed E-state index contributed by atoms with van der Waals surface area (Å²) in [6.07, 6.45) is 3.14. The highest BCUT2D eigenvalue weighted by molar-refractivity contribution is 6.50. The Morgan fingerprint density at radius 3 is 2.56 bits per heavy atom. The molecule has 1 unspecified atom stereocenters. The Balaban J connectivity index is 1.62. The van der Waals surface area contributed by atoms with Crippen molar-refractivity contribution >= 4 is 18.8 Å². The van der Waals surface area contributed by atoms with E-state index in [9.17, 15) is 0 Å². The van der Waals surface area contributed by atoms with Crippen molar-refractivity contribution in [1.29, 1.82) is 0 Å². The predicted octanol–water partition coefficient (Wildman–Crippen LogP) is -0.0197. The molecule has 16 heavy (non-hydrogen) atoms. The van der Waals surface area contributed by atoms with Crippen LogP contribution in [0.25, 0.3) is 0 Å². The maximum absolute atomic E-state index is 5.64. The number of nitrogens with two attached hydrogens (primary N) is 1. The molecule has 0 aromatic carbocycles. The molecule has 2 fully saturated rings. The third-order valence-electron chi connectivity index (χ3n) is 3.47. The molecule has 2 aliphatic rings. The first-order valence-corrected chi connectivity index (χ1v) is 6.03. The maximum Gasteiger partial charge on any atom is 0.142 e. The molecule has 1 atom stereocenters. The zero-order valence-electron chi connectivity index (χ0n) is 9.47. The lowest BCUT2D eigenvalue weighted by atomic mass is 10.1. The normalized spacial score (nSPS) is 25.2. The van der Waals surface area contributed by atoms with Crippen molar-refractivity contribution in [3.05, 3.63) is 18.3 Å². The van der Waals surface area contributed by atoms with Crippen molar-refractivity contribution in [2.24, 2.45) is 0 Å². The lowest BCUT2D eigenvalue weighted by Gasteiger charge is -2.35. The molecule has 3 heterocycles. The van der Waals surface area contributed by atoms with Crippen molar-refractivity contribution < 1.29 is 0 Å². The monoisotopic (exact) mass is 216 g/mol. The number of hydrogen-bond donors (Lipinski definition) is 1. The Kier molecular flexibility index (Phi) is 2.48. The number of nitrogens with zero attached hydrogens (tertiary/aromatic N) is 3. The summed E-state index contributed by atoms with van der Waals surface area (Å²) < 4.78 is 0. The zero-order valence-corrected chi connectivity index (χ0v) is 9.47. The summed E-state index contributed by atoms with van der Waals surface area (Å²) in [7, 11) is 1.40. The SMILES string of the molecule is Nc1ccc(N2CCN(C3BC3)CC2)nc1. The van der Waals surface area contributed by atoms with Crippen molar-refractivity contribution in [2.75, 3.05) is 36.8 Å². The van der Waals surface area contributed by atoms with Crippen LogP contribution in [0, 0.1) is 0 Å². The number of hydrogen-bond acceptors (Lipinski definition) is 4. The van der Waals surface area contributed by atoms with E-state index in [4.69, 9.17) is 5.73 Å². The second-order valence-corrected chi connectivity index (χ2v) is 4.70. The number of aromatic nitrogens is 1. The number of nitrogen functional groups attached to an aromatic ring is 1. The van der Waals surface area contributed by atoms with E-state index in [1.165, 1.54) is 26.7 Å². The van der Waals surface area contributed by atoms with Crippen molar-refractivity contribution in [3.63, 3.8) is 0 Å². The average Bonchev–Trinajstić information content (AvgIpc) is 3.14. The van der Waals surface area contributed by atoms with Crippen LogP contribution in [0.5, 0.6) is 0 Å². The van der Waals surface area contributed by atoms with Gasteiger partial charge in [0.15, 0.2) is 0 Å². The summed E-state index contributed by atoms with van der Waals surface area (Å²) >= 11 is 0. The molecule has 0 radical (unpaired) electrons. The van der Waals surface area contributed by atoms with E-state index >= 15 is 0 Å². The van der Waals surface area contributed by atoms with Gasteiger partial charge in [-0.15, -0.1) is 0 Å². The molecule has 2 N–H and O–H groups in total. The molecule has 0 spiro atoms. The quantitative estimate of drug-likeness (QED) is 0.705. The number of pyridine rings is 1. The van der Waals surface area contributed by atoms with Gasteiger partial charge < -0.3 is 15.5 Å². The minimum absolute atomic E-state index is 0.736. The second kappa shape index (κ2) is 3.98. The molecule has 84 valence electrons. The summed E-state index contributed by atoms with van der Waals surface area (Å²) in [5, 5.41) is 0. The van der Waals surface area contributed by atoms with Crippen molar-refractivity contribution in [1.82, 2.24) is 9.88 Å². The third-order valence-corrected chi connectivity index (χ3v) is 3.47. The Labute approximate surface area is 96.7 Å². The van der Waals surface area contributed by atoms with Gasteiger partial charge in [0.25, 0.3) is 0 Å². The number of piperazine rings is 1. The fraction of sp³-hybridized carbons (Fsp3) is 0.545.